The maximum Gasteiger partial charge on any atom is 0.205 e. The van der Waals surface area contributed by atoms with Gasteiger partial charge in [0.1, 0.15) is 11.6 Å². The fourth-order valence-corrected chi connectivity index (χ4v) is 3.19. The van der Waals surface area contributed by atoms with Crippen LogP contribution in [0.1, 0.15) is 20.8 Å². The molecule has 0 fully saturated rings. The first kappa shape index (κ1) is 15.4. The lowest BCUT2D eigenvalue weighted by atomic mass is 9.97. The smallest absolute Gasteiger partial charge is 0.205 e. The highest BCUT2D eigenvalue weighted by Gasteiger charge is 2.21. The van der Waals surface area contributed by atoms with Gasteiger partial charge in [0.05, 0.1) is 23.1 Å². The predicted molar refractivity (Wildman–Crippen MR) is 90.9 cm³/mol. The van der Waals surface area contributed by atoms with Crippen molar-refractivity contribution in [2.24, 2.45) is 0 Å². The number of benzene rings is 2. The maximum atomic E-state index is 15.1. The van der Waals surface area contributed by atoms with E-state index >= 15 is 4.39 Å². The van der Waals surface area contributed by atoms with Crippen LogP contribution in [-0.2, 0) is 0 Å². The van der Waals surface area contributed by atoms with Crippen LogP contribution in [0, 0.1) is 12.7 Å². The van der Waals surface area contributed by atoms with Gasteiger partial charge in [-0.3, -0.25) is 4.79 Å². The molecule has 1 heterocycles. The van der Waals surface area contributed by atoms with Crippen LogP contribution in [0.4, 0.5) is 4.39 Å². The number of aryl methyl sites for hydroxylation is 1. The molecule has 0 N–H and O–H groups in total. The summed E-state index contributed by atoms with van der Waals surface area (Å²) in [6.45, 7) is 1.94. The Kier molecular flexibility index (Phi) is 4.26. The quantitative estimate of drug-likeness (QED) is 0.623. The van der Waals surface area contributed by atoms with Crippen molar-refractivity contribution in [1.82, 2.24) is 0 Å². The van der Waals surface area contributed by atoms with Crippen LogP contribution in [-0.4, -0.2) is 12.9 Å². The number of hydrogen-bond donors (Lipinski definition) is 0. The first-order valence-corrected chi connectivity index (χ1v) is 8.01. The zero-order valence-corrected chi connectivity index (χ0v) is 13.6. The van der Waals surface area contributed by atoms with E-state index in [9.17, 15) is 4.79 Å². The van der Waals surface area contributed by atoms with E-state index in [0.717, 1.165) is 5.56 Å². The Labute approximate surface area is 138 Å². The Morgan fingerprint density at radius 3 is 2.61 bits per heavy atom. The minimum atomic E-state index is -0.548. The van der Waals surface area contributed by atoms with Gasteiger partial charge in [-0.25, -0.2) is 4.39 Å². The number of ether oxygens (including phenoxy) is 1. The summed E-state index contributed by atoms with van der Waals surface area (Å²) in [4.78, 5) is 13.0. The summed E-state index contributed by atoms with van der Waals surface area (Å²) in [7, 11) is 1.49. The van der Waals surface area contributed by atoms with E-state index in [1.165, 1.54) is 24.5 Å². The molecule has 116 valence electrons. The number of ketones is 1. The van der Waals surface area contributed by atoms with Crippen molar-refractivity contribution in [2.45, 2.75) is 6.92 Å². The van der Waals surface area contributed by atoms with E-state index in [0.29, 0.717) is 21.8 Å². The van der Waals surface area contributed by atoms with Crippen molar-refractivity contribution in [1.29, 1.82) is 0 Å². The Morgan fingerprint density at radius 1 is 1.13 bits per heavy atom. The summed E-state index contributed by atoms with van der Waals surface area (Å²) in [5.74, 6) is -0.446. The summed E-state index contributed by atoms with van der Waals surface area (Å²) < 4.78 is 20.4. The molecule has 0 aliphatic carbocycles. The molecule has 1 aromatic heterocycles. The molecule has 0 aliphatic rings. The molecule has 0 amide bonds. The zero-order chi connectivity index (χ0) is 16.4. The molecule has 0 unspecified atom stereocenters. The number of thiophene rings is 1. The zero-order valence-electron chi connectivity index (χ0n) is 12.8. The number of carbonyl (C=O) groups excluding carboxylic acids is 1. The van der Waals surface area contributed by atoms with Crippen molar-refractivity contribution < 1.29 is 13.9 Å². The Balaban J connectivity index is 2.18. The number of rotatable bonds is 4. The standard InChI is InChI=1S/C19H15FO2S/c1-12-5-3-6-13(11-12)17-15(22-2)9-8-14(18(17)20)19(21)16-7-4-10-23-16/h3-11H,1-2H3. The minimum Gasteiger partial charge on any atom is -0.496 e. The van der Waals surface area contributed by atoms with Crippen LogP contribution in [0.15, 0.2) is 53.9 Å². The van der Waals surface area contributed by atoms with Gasteiger partial charge >= 0.3 is 0 Å². The highest BCUT2D eigenvalue weighted by Crippen LogP contribution is 2.35. The van der Waals surface area contributed by atoms with Gasteiger partial charge < -0.3 is 4.74 Å². The molecule has 0 bridgehead atoms. The van der Waals surface area contributed by atoms with Crippen molar-refractivity contribution in [3.05, 3.63) is 75.7 Å². The fraction of sp³-hybridized carbons (Fsp3) is 0.105. The molecular formula is C19H15FO2S. The molecule has 23 heavy (non-hydrogen) atoms. The van der Waals surface area contributed by atoms with Gasteiger partial charge in [-0.05, 0) is 36.1 Å². The minimum absolute atomic E-state index is 0.0600. The Bertz CT molecular complexity index is 854. The van der Waals surface area contributed by atoms with E-state index in [2.05, 4.69) is 0 Å². The average Bonchev–Trinajstić information content (AvgIpc) is 3.08. The van der Waals surface area contributed by atoms with Crippen LogP contribution in [0.25, 0.3) is 11.1 Å². The number of hydrogen-bond acceptors (Lipinski definition) is 3. The normalized spacial score (nSPS) is 10.6. The summed E-state index contributed by atoms with van der Waals surface area (Å²) in [6, 6.07) is 14.1. The van der Waals surface area contributed by atoms with Gasteiger partial charge in [0.15, 0.2) is 0 Å². The van der Waals surface area contributed by atoms with E-state index in [4.69, 9.17) is 4.74 Å². The van der Waals surface area contributed by atoms with Gasteiger partial charge in [-0.15, -0.1) is 11.3 Å². The largest absolute Gasteiger partial charge is 0.496 e. The van der Waals surface area contributed by atoms with E-state index in [-0.39, 0.29) is 11.3 Å². The first-order valence-electron chi connectivity index (χ1n) is 7.13. The average molecular weight is 326 g/mol. The molecule has 0 aliphatic heterocycles. The highest BCUT2D eigenvalue weighted by atomic mass is 32.1. The van der Waals surface area contributed by atoms with Gasteiger partial charge in [0.2, 0.25) is 5.78 Å². The van der Waals surface area contributed by atoms with E-state index in [1.54, 1.807) is 23.6 Å². The van der Waals surface area contributed by atoms with Gasteiger partial charge in [-0.1, -0.05) is 35.9 Å². The summed E-state index contributed by atoms with van der Waals surface area (Å²) in [5, 5.41) is 1.80. The van der Waals surface area contributed by atoms with E-state index < -0.39 is 5.82 Å². The monoisotopic (exact) mass is 326 g/mol. The topological polar surface area (TPSA) is 26.3 Å². The Morgan fingerprint density at radius 2 is 1.96 bits per heavy atom. The third-order valence-electron chi connectivity index (χ3n) is 3.62. The van der Waals surface area contributed by atoms with Crippen molar-refractivity contribution >= 4 is 17.1 Å². The van der Waals surface area contributed by atoms with Gasteiger partial charge in [0.25, 0.3) is 0 Å². The molecule has 0 atom stereocenters. The van der Waals surface area contributed by atoms with E-state index in [1.807, 2.05) is 31.2 Å². The van der Waals surface area contributed by atoms with Crippen LogP contribution in [0.2, 0.25) is 0 Å². The number of methoxy groups -OCH3 is 1. The number of carbonyl (C=O) groups is 1. The second-order valence-corrected chi connectivity index (χ2v) is 6.13. The fourth-order valence-electron chi connectivity index (χ4n) is 2.51. The maximum absolute atomic E-state index is 15.1. The molecule has 0 spiro atoms. The summed E-state index contributed by atoms with van der Waals surface area (Å²) in [5.41, 5.74) is 2.09. The molecular weight excluding hydrogens is 311 g/mol. The second kappa shape index (κ2) is 6.34. The molecule has 4 heteroatoms. The molecule has 0 saturated carbocycles. The van der Waals surface area contributed by atoms with Crippen molar-refractivity contribution in [3.8, 4) is 16.9 Å². The molecule has 2 aromatic carbocycles. The van der Waals surface area contributed by atoms with Crippen molar-refractivity contribution in [3.63, 3.8) is 0 Å². The molecule has 3 aromatic rings. The highest BCUT2D eigenvalue weighted by molar-refractivity contribution is 7.12. The van der Waals surface area contributed by atoms with Crippen molar-refractivity contribution in [2.75, 3.05) is 7.11 Å². The van der Waals surface area contributed by atoms with Gasteiger partial charge in [-0.2, -0.15) is 0 Å². The number of halogens is 1. The molecule has 2 nitrogen and oxygen atoms in total. The lowest BCUT2D eigenvalue weighted by Gasteiger charge is -2.13. The van der Waals surface area contributed by atoms with Crippen LogP contribution >= 0.6 is 11.3 Å². The summed E-state index contributed by atoms with van der Waals surface area (Å²) >= 11 is 1.30. The third-order valence-corrected chi connectivity index (χ3v) is 4.49. The third kappa shape index (κ3) is 2.90. The van der Waals surface area contributed by atoms with Gasteiger partial charge in [0, 0.05) is 0 Å². The Hall–Kier alpha value is -2.46. The second-order valence-electron chi connectivity index (χ2n) is 5.18. The lowest BCUT2D eigenvalue weighted by Crippen LogP contribution is -2.05. The first-order chi connectivity index (χ1) is 11.1. The lowest BCUT2D eigenvalue weighted by molar-refractivity contribution is 0.103. The van der Waals surface area contributed by atoms with Crippen LogP contribution in [0.5, 0.6) is 5.75 Å². The van der Waals surface area contributed by atoms with Crippen LogP contribution < -0.4 is 4.74 Å². The molecule has 0 saturated heterocycles. The molecule has 3 rings (SSSR count). The predicted octanol–water partition coefficient (Wildman–Crippen LogP) is 5.10. The summed E-state index contributed by atoms with van der Waals surface area (Å²) in [6.07, 6.45) is 0. The van der Waals surface area contributed by atoms with Crippen LogP contribution in [0.3, 0.4) is 0 Å². The molecule has 0 radical (unpaired) electrons. The SMILES string of the molecule is COc1ccc(C(=O)c2cccs2)c(F)c1-c1cccc(C)c1.